The number of rotatable bonds is 5. The van der Waals surface area contributed by atoms with Gasteiger partial charge in [0.2, 0.25) is 0 Å². The van der Waals surface area contributed by atoms with Gasteiger partial charge in [-0.25, -0.2) is 0 Å². The fraction of sp³-hybridized carbons (Fsp3) is 1.00. The van der Waals surface area contributed by atoms with Gasteiger partial charge in [-0.2, -0.15) is 25.3 Å². The Bertz CT molecular complexity index is 139. The molecule has 13 heavy (non-hydrogen) atoms. The maximum atomic E-state index is 4.72. The number of hydrogen-bond acceptors (Lipinski definition) is 2. The second-order valence-corrected chi connectivity index (χ2v) is 6.75. The number of hydrogen-bond donors (Lipinski definition) is 2. The molecule has 0 spiro atoms. The first kappa shape index (κ1) is 13.7. The van der Waals surface area contributed by atoms with Crippen molar-refractivity contribution in [2.24, 2.45) is 11.8 Å². The third kappa shape index (κ3) is 5.90. The van der Waals surface area contributed by atoms with Crippen molar-refractivity contribution >= 4 is 25.3 Å². The quantitative estimate of drug-likeness (QED) is 0.641. The van der Waals surface area contributed by atoms with Crippen molar-refractivity contribution in [1.29, 1.82) is 0 Å². The molecule has 0 saturated heterocycles. The van der Waals surface area contributed by atoms with Crippen LogP contribution in [0.25, 0.3) is 0 Å². The van der Waals surface area contributed by atoms with Crippen LogP contribution in [0.15, 0.2) is 0 Å². The van der Waals surface area contributed by atoms with E-state index in [9.17, 15) is 0 Å². The maximum absolute atomic E-state index is 4.72. The minimum atomic E-state index is 0.0710. The molecule has 0 amide bonds. The smallest absolute Gasteiger partial charge is 0.0220 e. The average Bonchev–Trinajstić information content (AvgIpc) is 1.81. The first-order valence-electron chi connectivity index (χ1n) is 5.16. The van der Waals surface area contributed by atoms with E-state index in [0.717, 1.165) is 12.8 Å². The fourth-order valence-corrected chi connectivity index (χ4v) is 2.66. The second-order valence-electron chi connectivity index (χ2n) is 5.10. The summed E-state index contributed by atoms with van der Waals surface area (Å²) in [6, 6.07) is 0. The average molecular weight is 220 g/mol. The zero-order valence-electron chi connectivity index (χ0n) is 9.54. The molecular weight excluding hydrogens is 196 g/mol. The summed E-state index contributed by atoms with van der Waals surface area (Å²) in [6.45, 7) is 11.2. The normalized spacial score (nSPS) is 19.2. The predicted molar refractivity (Wildman–Crippen MR) is 69.1 cm³/mol. The van der Waals surface area contributed by atoms with E-state index in [-0.39, 0.29) is 4.75 Å². The molecule has 0 bridgehead atoms. The van der Waals surface area contributed by atoms with Gasteiger partial charge in [0.25, 0.3) is 0 Å². The van der Waals surface area contributed by atoms with Crippen LogP contribution >= 0.6 is 25.3 Å². The Morgan fingerprint density at radius 3 is 1.85 bits per heavy atom. The Morgan fingerprint density at radius 1 is 1.08 bits per heavy atom. The Hall–Kier alpha value is 0.700. The molecule has 0 aromatic rings. The molecule has 0 aromatic carbocycles. The lowest BCUT2D eigenvalue weighted by Gasteiger charge is -2.32. The van der Waals surface area contributed by atoms with E-state index in [4.69, 9.17) is 12.6 Å². The van der Waals surface area contributed by atoms with Crippen molar-refractivity contribution in [3.63, 3.8) is 0 Å². The van der Waals surface area contributed by atoms with E-state index in [0.29, 0.717) is 17.1 Å². The molecule has 0 fully saturated rings. The molecule has 0 heterocycles. The van der Waals surface area contributed by atoms with Crippen molar-refractivity contribution in [3.8, 4) is 0 Å². The Balaban J connectivity index is 4.10. The number of thiol groups is 2. The van der Waals surface area contributed by atoms with Gasteiger partial charge in [-0.05, 0) is 31.6 Å². The van der Waals surface area contributed by atoms with E-state index in [2.05, 4.69) is 47.2 Å². The van der Waals surface area contributed by atoms with E-state index >= 15 is 0 Å². The molecule has 0 radical (unpaired) electrons. The molecule has 2 atom stereocenters. The predicted octanol–water partition coefficient (Wildman–Crippen LogP) is 4.07. The highest BCUT2D eigenvalue weighted by Crippen LogP contribution is 2.33. The summed E-state index contributed by atoms with van der Waals surface area (Å²) >= 11 is 9.37. The van der Waals surface area contributed by atoms with Crippen molar-refractivity contribution < 1.29 is 0 Å². The van der Waals surface area contributed by atoms with Crippen LogP contribution < -0.4 is 0 Å². The van der Waals surface area contributed by atoms with Crippen molar-refractivity contribution in [1.82, 2.24) is 0 Å². The van der Waals surface area contributed by atoms with E-state index in [1.165, 1.54) is 0 Å². The highest BCUT2D eigenvalue weighted by molar-refractivity contribution is 7.85. The van der Waals surface area contributed by atoms with Gasteiger partial charge in [0.1, 0.15) is 0 Å². The second kappa shape index (κ2) is 5.55. The van der Waals surface area contributed by atoms with Crippen LogP contribution in [0.2, 0.25) is 0 Å². The third-order valence-corrected chi connectivity index (χ3v) is 3.71. The monoisotopic (exact) mass is 220 g/mol. The minimum absolute atomic E-state index is 0.0710. The molecule has 0 saturated carbocycles. The summed E-state index contributed by atoms with van der Waals surface area (Å²) in [5, 5.41) is 0.401. The van der Waals surface area contributed by atoms with E-state index in [1.807, 2.05) is 0 Å². The van der Waals surface area contributed by atoms with Crippen molar-refractivity contribution in [2.75, 3.05) is 0 Å². The molecule has 2 heteroatoms. The summed E-state index contributed by atoms with van der Waals surface area (Å²) in [7, 11) is 0. The minimum Gasteiger partial charge on any atom is -0.174 e. The SMILES string of the molecule is CC(C)CC(S)C(C)(S)CC(C)C. The standard InChI is InChI=1S/C11H24S2/c1-8(2)6-10(12)11(5,13)7-9(3)4/h8-10,12-13H,6-7H2,1-5H3. The molecule has 0 nitrogen and oxygen atoms in total. The third-order valence-electron chi connectivity index (χ3n) is 2.23. The van der Waals surface area contributed by atoms with Gasteiger partial charge in [0, 0.05) is 10.00 Å². The summed E-state index contributed by atoms with van der Waals surface area (Å²) in [4.78, 5) is 0. The molecule has 0 aromatic heterocycles. The molecule has 0 N–H and O–H groups in total. The van der Waals surface area contributed by atoms with Gasteiger partial charge in [-0.15, -0.1) is 0 Å². The highest BCUT2D eigenvalue weighted by atomic mass is 32.1. The summed E-state index contributed by atoms with van der Waals surface area (Å²) in [6.07, 6.45) is 2.28. The molecule has 0 aliphatic rings. The van der Waals surface area contributed by atoms with Gasteiger partial charge in [0.15, 0.2) is 0 Å². The Labute approximate surface area is 94.7 Å². The molecular formula is C11H24S2. The highest BCUT2D eigenvalue weighted by Gasteiger charge is 2.28. The lowest BCUT2D eigenvalue weighted by Crippen LogP contribution is -2.32. The molecule has 0 aliphatic carbocycles. The summed E-state index contributed by atoms with van der Waals surface area (Å²) in [5.74, 6) is 1.41. The zero-order chi connectivity index (χ0) is 10.6. The van der Waals surface area contributed by atoms with Gasteiger partial charge >= 0.3 is 0 Å². The lowest BCUT2D eigenvalue weighted by molar-refractivity contribution is 0.428. The molecule has 0 rings (SSSR count). The first-order valence-corrected chi connectivity index (χ1v) is 6.12. The van der Waals surface area contributed by atoms with Crippen molar-refractivity contribution in [3.05, 3.63) is 0 Å². The summed E-state index contributed by atoms with van der Waals surface area (Å²) in [5.41, 5.74) is 0. The lowest BCUT2D eigenvalue weighted by atomic mass is 9.90. The van der Waals surface area contributed by atoms with Gasteiger partial charge < -0.3 is 0 Å². The van der Waals surface area contributed by atoms with Crippen LogP contribution in [0.1, 0.15) is 47.5 Å². The van der Waals surface area contributed by atoms with E-state index in [1.54, 1.807) is 0 Å². The maximum Gasteiger partial charge on any atom is 0.0220 e. The Morgan fingerprint density at radius 2 is 1.54 bits per heavy atom. The van der Waals surface area contributed by atoms with Crippen LogP contribution in [0.3, 0.4) is 0 Å². The topological polar surface area (TPSA) is 0 Å². The Kier molecular flexibility index (Phi) is 5.85. The van der Waals surface area contributed by atoms with Crippen LogP contribution in [-0.2, 0) is 0 Å². The van der Waals surface area contributed by atoms with Crippen LogP contribution in [0, 0.1) is 11.8 Å². The summed E-state index contributed by atoms with van der Waals surface area (Å²) < 4.78 is 0.0710. The molecule has 0 aliphatic heterocycles. The van der Waals surface area contributed by atoms with Crippen molar-refractivity contribution in [2.45, 2.75) is 57.5 Å². The van der Waals surface area contributed by atoms with Crippen LogP contribution in [0.5, 0.6) is 0 Å². The zero-order valence-corrected chi connectivity index (χ0v) is 11.3. The van der Waals surface area contributed by atoms with Crippen LogP contribution in [0.4, 0.5) is 0 Å². The van der Waals surface area contributed by atoms with Gasteiger partial charge in [-0.3, -0.25) is 0 Å². The molecule has 2 unspecified atom stereocenters. The largest absolute Gasteiger partial charge is 0.174 e. The van der Waals surface area contributed by atoms with Crippen LogP contribution in [-0.4, -0.2) is 10.00 Å². The van der Waals surface area contributed by atoms with E-state index < -0.39 is 0 Å². The fourth-order valence-electron chi connectivity index (χ4n) is 1.66. The van der Waals surface area contributed by atoms with Gasteiger partial charge in [-0.1, -0.05) is 27.7 Å². The molecule has 80 valence electrons. The van der Waals surface area contributed by atoms with Gasteiger partial charge in [0.05, 0.1) is 0 Å². The first-order chi connectivity index (χ1) is 5.75.